The molecular weight excluding hydrogens is 507 g/mol. The number of hydrogen-bond donors (Lipinski definition) is 2. The highest BCUT2D eigenvalue weighted by molar-refractivity contribution is 8.01. The van der Waals surface area contributed by atoms with Gasteiger partial charge in [-0.15, -0.1) is 20.4 Å². The first-order valence-corrected chi connectivity index (χ1v) is 14.2. The fourth-order valence-corrected chi connectivity index (χ4v) is 8.51. The van der Waals surface area contributed by atoms with Crippen LogP contribution in [0, 0.1) is 29.0 Å². The van der Waals surface area contributed by atoms with E-state index < -0.39 is 0 Å². The van der Waals surface area contributed by atoms with Crippen LogP contribution in [0.25, 0.3) is 10.6 Å². The van der Waals surface area contributed by atoms with Crippen LogP contribution in [-0.4, -0.2) is 38.0 Å². The largest absolute Gasteiger partial charge is 0.300 e. The van der Waals surface area contributed by atoms with Crippen LogP contribution in [0.2, 0.25) is 0 Å². The van der Waals surface area contributed by atoms with Crippen molar-refractivity contribution in [2.75, 3.05) is 16.4 Å². The number of benzene rings is 1. The summed E-state index contributed by atoms with van der Waals surface area (Å²) in [6, 6.07) is 5.94. The van der Waals surface area contributed by atoms with E-state index in [1.165, 1.54) is 65.8 Å². The number of aromatic nitrogens is 4. The number of anilines is 2. The first kappa shape index (κ1) is 23.0. The van der Waals surface area contributed by atoms with Gasteiger partial charge in [-0.3, -0.25) is 14.9 Å². The minimum atomic E-state index is -0.323. The van der Waals surface area contributed by atoms with Crippen molar-refractivity contribution in [1.29, 1.82) is 0 Å². The van der Waals surface area contributed by atoms with Crippen molar-refractivity contribution >= 4 is 56.5 Å². The molecule has 12 heteroatoms. The molecule has 2 amide bonds. The molecule has 3 aromatic rings. The first-order chi connectivity index (χ1) is 16.9. The molecule has 0 atom stereocenters. The second-order valence-electron chi connectivity index (χ2n) is 9.78. The Labute approximate surface area is 213 Å². The molecule has 4 aliphatic rings. The van der Waals surface area contributed by atoms with Crippen molar-refractivity contribution in [2.45, 2.75) is 42.9 Å². The van der Waals surface area contributed by atoms with Crippen LogP contribution < -0.4 is 10.6 Å². The Morgan fingerprint density at radius 1 is 0.914 bits per heavy atom. The summed E-state index contributed by atoms with van der Waals surface area (Å²) in [5, 5.41) is 23.5. The molecule has 0 unspecified atom stereocenters. The highest BCUT2D eigenvalue weighted by Crippen LogP contribution is 2.60. The van der Waals surface area contributed by atoms with Crippen molar-refractivity contribution in [3.05, 3.63) is 30.1 Å². The number of hydrogen-bond acceptors (Lipinski definition) is 9. The van der Waals surface area contributed by atoms with Gasteiger partial charge < -0.3 is 5.32 Å². The molecule has 4 fully saturated rings. The Hall–Kier alpha value is -2.44. The minimum Gasteiger partial charge on any atom is -0.300 e. The van der Waals surface area contributed by atoms with Crippen molar-refractivity contribution in [1.82, 2.24) is 20.4 Å². The summed E-state index contributed by atoms with van der Waals surface area (Å²) in [5.74, 6) is 1.75. The number of amides is 2. The zero-order valence-electron chi connectivity index (χ0n) is 18.7. The Morgan fingerprint density at radius 3 is 2.23 bits per heavy atom. The summed E-state index contributed by atoms with van der Waals surface area (Å²) in [5.41, 5.74) is 0.498. The first-order valence-electron chi connectivity index (χ1n) is 11.6. The fraction of sp³-hybridized carbons (Fsp3) is 0.478. The maximum atomic E-state index is 13.2. The lowest BCUT2D eigenvalue weighted by molar-refractivity contribution is -0.140. The highest BCUT2D eigenvalue weighted by atomic mass is 32.2. The van der Waals surface area contributed by atoms with Crippen molar-refractivity contribution in [3.8, 4) is 10.6 Å². The lowest BCUT2D eigenvalue weighted by Crippen LogP contribution is -2.51. The average Bonchev–Trinajstić information content (AvgIpc) is 3.47. The normalized spacial score (nSPS) is 26.6. The number of thioether (sulfide) groups is 1. The van der Waals surface area contributed by atoms with E-state index in [1.807, 2.05) is 0 Å². The maximum Gasteiger partial charge on any atom is 0.236 e. The molecular formula is C23H23FN6O2S3. The Morgan fingerprint density at radius 2 is 1.54 bits per heavy atom. The summed E-state index contributed by atoms with van der Waals surface area (Å²) in [7, 11) is 0. The summed E-state index contributed by atoms with van der Waals surface area (Å²) < 4.78 is 13.7. The van der Waals surface area contributed by atoms with Crippen LogP contribution in [-0.2, 0) is 9.59 Å². The summed E-state index contributed by atoms with van der Waals surface area (Å²) in [4.78, 5) is 25.6. The zero-order chi connectivity index (χ0) is 24.0. The molecule has 0 radical (unpaired) electrons. The van der Waals surface area contributed by atoms with E-state index in [0.29, 0.717) is 37.4 Å². The third kappa shape index (κ3) is 4.83. The van der Waals surface area contributed by atoms with Gasteiger partial charge in [0.15, 0.2) is 4.34 Å². The van der Waals surface area contributed by atoms with E-state index in [4.69, 9.17) is 0 Å². The second kappa shape index (κ2) is 9.21. The quantitative estimate of drug-likeness (QED) is 0.324. The number of nitrogens with zero attached hydrogens (tertiary/aromatic N) is 4. The molecule has 2 heterocycles. The summed E-state index contributed by atoms with van der Waals surface area (Å²) in [6.07, 6.45) is 6.87. The molecule has 4 saturated carbocycles. The zero-order valence-corrected chi connectivity index (χ0v) is 21.1. The van der Waals surface area contributed by atoms with E-state index in [2.05, 4.69) is 31.0 Å². The standard InChI is InChI=1S/C23H23FN6O2S3/c24-16-3-1-15(2-4-16)18-27-28-20(34-18)25-17(31)11-33-22-30-29-21(35-22)26-19(32)23-8-12-5-13(9-23)7-14(6-12)10-23/h1-4,12-14H,5-11H2,(H,25,28,31)(H,26,29,32). The van der Waals surface area contributed by atoms with Crippen LogP contribution >= 0.6 is 34.4 Å². The van der Waals surface area contributed by atoms with Crippen molar-refractivity contribution in [2.24, 2.45) is 23.2 Å². The Kier molecular flexibility index (Phi) is 6.05. The van der Waals surface area contributed by atoms with Crippen molar-refractivity contribution in [3.63, 3.8) is 0 Å². The van der Waals surface area contributed by atoms with Crippen LogP contribution in [0.5, 0.6) is 0 Å². The van der Waals surface area contributed by atoms with Gasteiger partial charge in [0.1, 0.15) is 10.8 Å². The molecule has 0 spiro atoms. The van der Waals surface area contributed by atoms with E-state index in [1.54, 1.807) is 12.1 Å². The molecule has 7 rings (SSSR count). The molecule has 4 bridgehead atoms. The van der Waals surface area contributed by atoms with Gasteiger partial charge in [-0.2, -0.15) is 0 Å². The molecule has 8 nitrogen and oxygen atoms in total. The number of rotatable bonds is 7. The molecule has 2 N–H and O–H groups in total. The highest BCUT2D eigenvalue weighted by Gasteiger charge is 2.54. The van der Waals surface area contributed by atoms with Gasteiger partial charge in [0.2, 0.25) is 22.1 Å². The van der Waals surface area contributed by atoms with Gasteiger partial charge >= 0.3 is 0 Å². The molecule has 182 valence electrons. The number of carbonyl (C=O) groups is 2. The van der Waals surface area contributed by atoms with Gasteiger partial charge in [-0.05, 0) is 80.5 Å². The topological polar surface area (TPSA) is 110 Å². The number of carbonyl (C=O) groups excluding carboxylic acids is 2. The van der Waals surface area contributed by atoms with Crippen LogP contribution in [0.4, 0.5) is 14.7 Å². The lowest BCUT2D eigenvalue weighted by Gasteiger charge is -2.55. The van der Waals surface area contributed by atoms with Gasteiger partial charge in [0, 0.05) is 5.56 Å². The molecule has 0 aliphatic heterocycles. The third-order valence-electron chi connectivity index (χ3n) is 7.24. The number of halogens is 1. The predicted molar refractivity (Wildman–Crippen MR) is 134 cm³/mol. The SMILES string of the molecule is O=C(CSc1nnc(NC(=O)C23CC4CC(CC(C4)C2)C3)s1)Nc1nnc(-c2ccc(F)cc2)s1. The second-order valence-corrected chi connectivity index (χ2v) is 13.0. The molecule has 1 aromatic carbocycles. The lowest BCUT2D eigenvalue weighted by atomic mass is 9.49. The Balaban J connectivity index is 1.01. The van der Waals surface area contributed by atoms with Gasteiger partial charge in [-0.25, -0.2) is 4.39 Å². The van der Waals surface area contributed by atoms with Crippen LogP contribution in [0.1, 0.15) is 38.5 Å². The van der Waals surface area contributed by atoms with Crippen LogP contribution in [0.3, 0.4) is 0 Å². The molecule has 2 aromatic heterocycles. The third-order valence-corrected chi connectivity index (χ3v) is 10.1. The smallest absolute Gasteiger partial charge is 0.236 e. The molecule has 0 saturated heterocycles. The average molecular weight is 531 g/mol. The monoisotopic (exact) mass is 530 g/mol. The summed E-state index contributed by atoms with van der Waals surface area (Å²) >= 11 is 3.76. The van der Waals surface area contributed by atoms with Gasteiger partial charge in [0.05, 0.1) is 11.2 Å². The molecule has 35 heavy (non-hydrogen) atoms. The maximum absolute atomic E-state index is 13.2. The van der Waals surface area contributed by atoms with Crippen molar-refractivity contribution < 1.29 is 14.0 Å². The van der Waals surface area contributed by atoms with Gasteiger partial charge in [-0.1, -0.05) is 34.4 Å². The van der Waals surface area contributed by atoms with E-state index in [-0.39, 0.29) is 28.8 Å². The minimum absolute atomic E-state index is 0.0928. The number of nitrogens with one attached hydrogen (secondary N) is 2. The predicted octanol–water partition coefficient (Wildman–Crippen LogP) is 5.08. The fourth-order valence-electron chi connectivity index (χ4n) is 6.20. The molecule has 4 aliphatic carbocycles. The summed E-state index contributed by atoms with van der Waals surface area (Å²) in [6.45, 7) is 0. The van der Waals surface area contributed by atoms with Crippen LogP contribution in [0.15, 0.2) is 28.6 Å². The van der Waals surface area contributed by atoms with E-state index >= 15 is 0 Å². The van der Waals surface area contributed by atoms with E-state index in [9.17, 15) is 14.0 Å². The van der Waals surface area contributed by atoms with E-state index in [0.717, 1.165) is 24.8 Å². The Bertz CT molecular complexity index is 1220. The van der Waals surface area contributed by atoms with Gasteiger partial charge in [0.25, 0.3) is 0 Å².